The fourth-order valence-corrected chi connectivity index (χ4v) is 5.05. The van der Waals surface area contributed by atoms with Crippen LogP contribution in [-0.2, 0) is 0 Å². The van der Waals surface area contributed by atoms with Crippen molar-refractivity contribution in [3.05, 3.63) is 63.4 Å². The van der Waals surface area contributed by atoms with Gasteiger partial charge in [0, 0.05) is 22.2 Å². The molecule has 0 fully saturated rings. The van der Waals surface area contributed by atoms with Crippen molar-refractivity contribution >= 4 is 22.9 Å². The summed E-state index contributed by atoms with van der Waals surface area (Å²) in [6, 6.07) is 10.8. The highest BCUT2D eigenvalue weighted by Gasteiger charge is 2.39. The van der Waals surface area contributed by atoms with Gasteiger partial charge in [-0.25, -0.2) is 0 Å². The lowest BCUT2D eigenvalue weighted by molar-refractivity contribution is 0.0954. The van der Waals surface area contributed by atoms with E-state index in [1.165, 1.54) is 15.3 Å². The predicted molar refractivity (Wildman–Crippen MR) is 104 cm³/mol. The van der Waals surface area contributed by atoms with Crippen LogP contribution in [0.5, 0.6) is 0 Å². The number of hydrogen-bond acceptors (Lipinski definition) is 3. The van der Waals surface area contributed by atoms with Gasteiger partial charge in [-0.2, -0.15) is 0 Å². The summed E-state index contributed by atoms with van der Waals surface area (Å²) in [5.74, 6) is 0.940. The van der Waals surface area contributed by atoms with Crippen molar-refractivity contribution in [3.8, 4) is 0 Å². The molecule has 1 aliphatic carbocycles. The maximum Gasteiger partial charge on any atom is 0.253 e. The van der Waals surface area contributed by atoms with E-state index in [0.29, 0.717) is 18.4 Å². The topological polar surface area (TPSA) is 41.1 Å². The van der Waals surface area contributed by atoms with Gasteiger partial charge in [0.25, 0.3) is 5.91 Å². The normalized spacial score (nSPS) is 23.7. The molecule has 1 amide bonds. The van der Waals surface area contributed by atoms with Crippen molar-refractivity contribution in [2.24, 2.45) is 5.92 Å². The van der Waals surface area contributed by atoms with Crippen LogP contribution in [0.25, 0.3) is 0 Å². The van der Waals surface area contributed by atoms with Crippen LogP contribution in [0, 0.1) is 12.8 Å². The molecule has 25 heavy (non-hydrogen) atoms. The number of rotatable bonds is 4. The second-order valence-corrected chi connectivity index (χ2v) is 8.27. The zero-order valence-electron chi connectivity index (χ0n) is 14.7. The van der Waals surface area contributed by atoms with Gasteiger partial charge in [0.15, 0.2) is 0 Å². The Morgan fingerprint density at radius 2 is 2.20 bits per heavy atom. The largest absolute Gasteiger partial charge is 0.376 e. The molecule has 4 rings (SSSR count). The zero-order chi connectivity index (χ0) is 17.4. The van der Waals surface area contributed by atoms with E-state index in [9.17, 15) is 4.79 Å². The van der Waals surface area contributed by atoms with Crippen molar-refractivity contribution < 1.29 is 4.79 Å². The third kappa shape index (κ3) is 2.89. The molecule has 3 nitrogen and oxygen atoms in total. The monoisotopic (exact) mass is 352 g/mol. The fraction of sp³-hybridized carbons (Fsp3) is 0.381. The molecule has 4 heteroatoms. The number of fused-ring (bicyclic) bond motifs is 3. The number of carbonyl (C=O) groups is 1. The number of aryl methyl sites for hydroxylation is 1. The number of para-hydroxylation sites is 1. The molecule has 0 saturated carbocycles. The summed E-state index contributed by atoms with van der Waals surface area (Å²) in [6.45, 7) is 4.93. The lowest BCUT2D eigenvalue weighted by Crippen LogP contribution is -2.32. The van der Waals surface area contributed by atoms with Gasteiger partial charge < -0.3 is 10.6 Å². The molecule has 2 heterocycles. The number of thiophene rings is 1. The standard InChI is InChI=1S/C21H24N2OS/c1-3-12-22-21(24)17-9-5-7-15-14-6-4-8-16(14)20(23-19(15)17)18-11-10-13(2)25-18/h4-7,9-11,14,16,20,23H,3,8,12H2,1-2H3,(H,22,24). The second kappa shape index (κ2) is 6.68. The van der Waals surface area contributed by atoms with E-state index >= 15 is 0 Å². The molecule has 3 atom stereocenters. The van der Waals surface area contributed by atoms with Crippen LogP contribution in [0.1, 0.15) is 57.4 Å². The van der Waals surface area contributed by atoms with Crippen LogP contribution in [0.4, 0.5) is 5.69 Å². The predicted octanol–water partition coefficient (Wildman–Crippen LogP) is 5.02. The van der Waals surface area contributed by atoms with E-state index in [4.69, 9.17) is 0 Å². The number of benzene rings is 1. The van der Waals surface area contributed by atoms with E-state index in [0.717, 1.165) is 24.1 Å². The SMILES string of the molecule is CCCNC(=O)c1cccc2c1NC(c1ccc(C)s1)C1CC=CC21. The summed E-state index contributed by atoms with van der Waals surface area (Å²) in [5, 5.41) is 6.76. The van der Waals surface area contributed by atoms with Gasteiger partial charge in [-0.15, -0.1) is 11.3 Å². The van der Waals surface area contributed by atoms with E-state index < -0.39 is 0 Å². The van der Waals surface area contributed by atoms with Gasteiger partial charge in [-0.3, -0.25) is 4.79 Å². The molecule has 0 spiro atoms. The Labute approximate surface area is 153 Å². The minimum atomic E-state index is 0.0211. The number of hydrogen-bond donors (Lipinski definition) is 2. The minimum absolute atomic E-state index is 0.0211. The van der Waals surface area contributed by atoms with Crippen molar-refractivity contribution in [2.75, 3.05) is 11.9 Å². The van der Waals surface area contributed by atoms with Gasteiger partial charge in [0.1, 0.15) is 0 Å². The minimum Gasteiger partial charge on any atom is -0.376 e. The quantitative estimate of drug-likeness (QED) is 0.758. The summed E-state index contributed by atoms with van der Waals surface area (Å²) in [6.07, 6.45) is 6.65. The van der Waals surface area contributed by atoms with Gasteiger partial charge >= 0.3 is 0 Å². The molecular weight excluding hydrogens is 328 g/mol. The Morgan fingerprint density at radius 1 is 1.32 bits per heavy atom. The average Bonchev–Trinajstić information content (AvgIpc) is 3.27. The molecule has 2 aromatic rings. The highest BCUT2D eigenvalue weighted by molar-refractivity contribution is 7.12. The average molecular weight is 353 g/mol. The summed E-state index contributed by atoms with van der Waals surface area (Å²) in [4.78, 5) is 15.3. The summed E-state index contributed by atoms with van der Waals surface area (Å²) >= 11 is 1.86. The molecule has 130 valence electrons. The van der Waals surface area contributed by atoms with Gasteiger partial charge in [-0.1, -0.05) is 31.2 Å². The Bertz CT molecular complexity index is 823. The summed E-state index contributed by atoms with van der Waals surface area (Å²) in [5.41, 5.74) is 3.04. The maximum atomic E-state index is 12.6. The van der Waals surface area contributed by atoms with Crippen LogP contribution >= 0.6 is 11.3 Å². The van der Waals surface area contributed by atoms with E-state index in [1.54, 1.807) is 0 Å². The fourth-order valence-electron chi connectivity index (χ4n) is 4.05. The molecule has 3 unspecified atom stereocenters. The highest BCUT2D eigenvalue weighted by atomic mass is 32.1. The Kier molecular flexibility index (Phi) is 4.38. The molecule has 0 bridgehead atoms. The number of nitrogens with one attached hydrogen (secondary N) is 2. The Hall–Kier alpha value is -2.07. The first-order chi connectivity index (χ1) is 12.2. The Morgan fingerprint density at radius 3 is 2.96 bits per heavy atom. The lowest BCUT2D eigenvalue weighted by atomic mass is 9.78. The molecule has 0 radical (unpaired) electrons. The Balaban J connectivity index is 1.75. The van der Waals surface area contributed by atoms with Crippen LogP contribution in [0.3, 0.4) is 0 Å². The smallest absolute Gasteiger partial charge is 0.253 e. The lowest BCUT2D eigenvalue weighted by Gasteiger charge is -2.37. The third-order valence-corrected chi connectivity index (χ3v) is 6.33. The van der Waals surface area contributed by atoms with Crippen LogP contribution in [0.15, 0.2) is 42.5 Å². The molecule has 0 saturated heterocycles. The van der Waals surface area contributed by atoms with Gasteiger partial charge in [-0.05, 0) is 49.4 Å². The number of amides is 1. The molecule has 2 aliphatic rings. The van der Waals surface area contributed by atoms with Gasteiger partial charge in [0.05, 0.1) is 17.3 Å². The summed E-state index contributed by atoms with van der Waals surface area (Å²) in [7, 11) is 0. The molecular formula is C21H24N2OS. The first-order valence-electron chi connectivity index (χ1n) is 9.09. The van der Waals surface area contributed by atoms with Crippen LogP contribution < -0.4 is 10.6 Å². The van der Waals surface area contributed by atoms with E-state index in [2.05, 4.69) is 54.8 Å². The van der Waals surface area contributed by atoms with Crippen molar-refractivity contribution in [3.63, 3.8) is 0 Å². The van der Waals surface area contributed by atoms with Crippen molar-refractivity contribution in [1.29, 1.82) is 0 Å². The molecule has 2 N–H and O–H groups in total. The van der Waals surface area contributed by atoms with Crippen molar-refractivity contribution in [1.82, 2.24) is 5.32 Å². The molecule has 1 aromatic heterocycles. The first kappa shape index (κ1) is 16.4. The zero-order valence-corrected chi connectivity index (χ0v) is 15.5. The number of anilines is 1. The first-order valence-corrected chi connectivity index (χ1v) is 9.91. The van der Waals surface area contributed by atoms with E-state index in [-0.39, 0.29) is 11.9 Å². The van der Waals surface area contributed by atoms with Crippen LogP contribution in [-0.4, -0.2) is 12.5 Å². The maximum absolute atomic E-state index is 12.6. The summed E-state index contributed by atoms with van der Waals surface area (Å²) < 4.78 is 0. The molecule has 1 aliphatic heterocycles. The second-order valence-electron chi connectivity index (χ2n) is 6.95. The number of allylic oxidation sites excluding steroid dienone is 2. The van der Waals surface area contributed by atoms with Gasteiger partial charge in [0.2, 0.25) is 0 Å². The molecule has 1 aromatic carbocycles. The third-order valence-electron chi connectivity index (χ3n) is 5.24. The van der Waals surface area contributed by atoms with Crippen LogP contribution in [0.2, 0.25) is 0 Å². The van der Waals surface area contributed by atoms with Crippen molar-refractivity contribution in [2.45, 2.75) is 38.6 Å². The van der Waals surface area contributed by atoms with E-state index in [1.807, 2.05) is 23.5 Å². The highest BCUT2D eigenvalue weighted by Crippen LogP contribution is 2.51. The number of carbonyl (C=O) groups excluding carboxylic acids is 1.